The van der Waals surface area contributed by atoms with Crippen molar-refractivity contribution in [1.82, 2.24) is 14.8 Å². The molecule has 1 saturated heterocycles. The highest BCUT2D eigenvalue weighted by Gasteiger charge is 2.32. The number of anilines is 1. The first-order valence-electron chi connectivity index (χ1n) is 9.98. The molecule has 5 nitrogen and oxygen atoms in total. The van der Waals surface area contributed by atoms with Gasteiger partial charge in [0.25, 0.3) is 0 Å². The second-order valence-corrected chi connectivity index (χ2v) is 8.84. The van der Waals surface area contributed by atoms with Crippen LogP contribution in [0.4, 0.5) is 5.95 Å². The van der Waals surface area contributed by atoms with Crippen molar-refractivity contribution in [2.75, 3.05) is 23.7 Å². The first kappa shape index (κ1) is 18.5. The lowest BCUT2D eigenvalue weighted by atomic mass is 9.99. The second kappa shape index (κ2) is 7.66. The lowest BCUT2D eigenvalue weighted by molar-refractivity contribution is 0.102. The van der Waals surface area contributed by atoms with Gasteiger partial charge in [0, 0.05) is 24.7 Å². The summed E-state index contributed by atoms with van der Waals surface area (Å²) in [6, 6.07) is 4.64. The predicted molar refractivity (Wildman–Crippen MR) is 110 cm³/mol. The van der Waals surface area contributed by atoms with Crippen LogP contribution in [0.15, 0.2) is 17.3 Å². The fourth-order valence-electron chi connectivity index (χ4n) is 3.80. The normalized spacial score (nSPS) is 17.4. The molecular weight excluding hydrogens is 356 g/mol. The van der Waals surface area contributed by atoms with Gasteiger partial charge in [0.05, 0.1) is 5.75 Å². The number of aromatic nitrogens is 3. The molecule has 1 saturated carbocycles. The highest BCUT2D eigenvalue weighted by Crippen LogP contribution is 2.41. The van der Waals surface area contributed by atoms with Gasteiger partial charge in [-0.25, -0.2) is 0 Å². The number of rotatable bonds is 6. The summed E-state index contributed by atoms with van der Waals surface area (Å²) in [6.07, 6.45) is 6.14. The number of ketones is 1. The van der Waals surface area contributed by atoms with Crippen LogP contribution >= 0.6 is 11.8 Å². The number of nitrogens with zero attached hydrogens (tertiary/aromatic N) is 4. The first-order chi connectivity index (χ1) is 13.0. The minimum absolute atomic E-state index is 0.172. The number of hydrogen-bond donors (Lipinski definition) is 0. The Balaban J connectivity index is 1.51. The molecule has 2 fully saturated rings. The summed E-state index contributed by atoms with van der Waals surface area (Å²) in [7, 11) is 0. The van der Waals surface area contributed by atoms with Gasteiger partial charge in [-0.05, 0) is 75.6 Å². The van der Waals surface area contributed by atoms with E-state index in [0.717, 1.165) is 35.3 Å². The maximum Gasteiger partial charge on any atom is 0.228 e. The molecule has 2 aliphatic rings. The fourth-order valence-corrected chi connectivity index (χ4v) is 4.68. The van der Waals surface area contributed by atoms with E-state index in [2.05, 4.69) is 39.6 Å². The van der Waals surface area contributed by atoms with Crippen molar-refractivity contribution in [3.05, 3.63) is 34.4 Å². The van der Waals surface area contributed by atoms with Gasteiger partial charge >= 0.3 is 0 Å². The van der Waals surface area contributed by atoms with Crippen molar-refractivity contribution in [1.29, 1.82) is 0 Å². The number of hydrogen-bond acceptors (Lipinski definition) is 5. The van der Waals surface area contributed by atoms with Gasteiger partial charge in [-0.3, -0.25) is 9.36 Å². The number of thioether (sulfide) groups is 1. The Morgan fingerprint density at radius 2 is 1.74 bits per heavy atom. The molecule has 0 N–H and O–H groups in total. The number of aryl methyl sites for hydroxylation is 3. The van der Waals surface area contributed by atoms with Crippen molar-refractivity contribution in [2.24, 2.45) is 0 Å². The fraction of sp³-hybridized carbons (Fsp3) is 0.571. The molecule has 1 aromatic carbocycles. The SMILES string of the molecule is Cc1cc(C)c(C(=O)CSc2nnc(N3CCCCC3)n2C2CC2)cc1C. The molecule has 0 amide bonds. The minimum atomic E-state index is 0.172. The van der Waals surface area contributed by atoms with Crippen molar-refractivity contribution in [3.8, 4) is 0 Å². The molecule has 2 aromatic rings. The van der Waals surface area contributed by atoms with Gasteiger partial charge in [-0.1, -0.05) is 17.8 Å². The Morgan fingerprint density at radius 1 is 1.04 bits per heavy atom. The van der Waals surface area contributed by atoms with Gasteiger partial charge in [0.15, 0.2) is 10.9 Å². The third-order valence-electron chi connectivity index (χ3n) is 5.67. The molecule has 1 aliphatic carbocycles. The highest BCUT2D eigenvalue weighted by molar-refractivity contribution is 7.99. The highest BCUT2D eigenvalue weighted by atomic mass is 32.2. The van der Waals surface area contributed by atoms with E-state index >= 15 is 0 Å². The number of benzene rings is 1. The molecule has 0 atom stereocenters. The van der Waals surface area contributed by atoms with Gasteiger partial charge in [0.1, 0.15) is 0 Å². The van der Waals surface area contributed by atoms with Crippen LogP contribution in [-0.4, -0.2) is 39.4 Å². The topological polar surface area (TPSA) is 51.0 Å². The Bertz CT molecular complexity index is 850. The largest absolute Gasteiger partial charge is 0.341 e. The summed E-state index contributed by atoms with van der Waals surface area (Å²) in [5.41, 5.74) is 4.29. The molecule has 0 unspecified atom stereocenters. The summed E-state index contributed by atoms with van der Waals surface area (Å²) in [6.45, 7) is 8.30. The average Bonchev–Trinajstić information content (AvgIpc) is 3.42. The number of piperidine rings is 1. The van der Waals surface area contributed by atoms with E-state index in [9.17, 15) is 4.79 Å². The third kappa shape index (κ3) is 3.91. The van der Waals surface area contributed by atoms with Gasteiger partial charge in [-0.15, -0.1) is 10.2 Å². The maximum atomic E-state index is 12.8. The van der Waals surface area contributed by atoms with Crippen molar-refractivity contribution in [2.45, 2.75) is 64.1 Å². The van der Waals surface area contributed by atoms with Crippen LogP contribution in [0.3, 0.4) is 0 Å². The van der Waals surface area contributed by atoms with E-state index < -0.39 is 0 Å². The quantitative estimate of drug-likeness (QED) is 0.542. The smallest absolute Gasteiger partial charge is 0.228 e. The molecule has 2 heterocycles. The van der Waals surface area contributed by atoms with Crippen LogP contribution in [0.1, 0.15) is 65.2 Å². The standard InChI is InChI=1S/C21H28N4OS/c1-14-11-16(3)18(12-15(14)2)19(26)13-27-21-23-22-20(25(21)17-7-8-17)24-9-5-4-6-10-24/h11-12,17H,4-10,13H2,1-3H3. The molecule has 4 rings (SSSR count). The summed E-state index contributed by atoms with van der Waals surface area (Å²) < 4.78 is 2.29. The van der Waals surface area contributed by atoms with Crippen molar-refractivity contribution < 1.29 is 4.79 Å². The van der Waals surface area contributed by atoms with Crippen LogP contribution in [0.25, 0.3) is 0 Å². The molecule has 0 radical (unpaired) electrons. The van der Waals surface area contributed by atoms with E-state index in [1.165, 1.54) is 55.0 Å². The third-order valence-corrected chi connectivity index (χ3v) is 6.61. The Hall–Kier alpha value is -1.82. The first-order valence-corrected chi connectivity index (χ1v) is 11.0. The van der Waals surface area contributed by atoms with Gasteiger partial charge in [-0.2, -0.15) is 0 Å². The van der Waals surface area contributed by atoms with Crippen LogP contribution in [0.5, 0.6) is 0 Å². The lowest BCUT2D eigenvalue weighted by Gasteiger charge is -2.27. The van der Waals surface area contributed by atoms with E-state index in [0.29, 0.717) is 11.8 Å². The van der Waals surface area contributed by atoms with Crippen LogP contribution in [0.2, 0.25) is 0 Å². The summed E-state index contributed by atoms with van der Waals surface area (Å²) >= 11 is 1.54. The zero-order chi connectivity index (χ0) is 19.0. The summed E-state index contributed by atoms with van der Waals surface area (Å²) in [4.78, 5) is 15.2. The van der Waals surface area contributed by atoms with Crippen LogP contribution < -0.4 is 4.90 Å². The molecule has 27 heavy (non-hydrogen) atoms. The Kier molecular flexibility index (Phi) is 5.26. The zero-order valence-electron chi connectivity index (χ0n) is 16.5. The van der Waals surface area contributed by atoms with E-state index in [-0.39, 0.29) is 5.78 Å². The number of carbonyl (C=O) groups is 1. The minimum Gasteiger partial charge on any atom is -0.341 e. The number of carbonyl (C=O) groups excluding carboxylic acids is 1. The molecule has 144 valence electrons. The average molecular weight is 385 g/mol. The van der Waals surface area contributed by atoms with Gasteiger partial charge in [0.2, 0.25) is 5.95 Å². The summed E-state index contributed by atoms with van der Waals surface area (Å²) in [5.74, 6) is 1.59. The van der Waals surface area contributed by atoms with Crippen LogP contribution in [-0.2, 0) is 0 Å². The zero-order valence-corrected chi connectivity index (χ0v) is 17.3. The Labute approximate surface area is 165 Å². The van der Waals surface area contributed by atoms with E-state index in [4.69, 9.17) is 0 Å². The monoisotopic (exact) mass is 384 g/mol. The summed E-state index contributed by atoms with van der Waals surface area (Å²) in [5, 5.41) is 9.85. The maximum absolute atomic E-state index is 12.8. The molecule has 1 aliphatic heterocycles. The molecule has 0 bridgehead atoms. The molecule has 6 heteroatoms. The molecule has 1 aromatic heterocycles. The number of Topliss-reactive ketones (excluding diaryl/α,β-unsaturated/α-hetero) is 1. The second-order valence-electron chi connectivity index (χ2n) is 7.89. The predicted octanol–water partition coefficient (Wildman–Crippen LogP) is 4.50. The Morgan fingerprint density at radius 3 is 2.44 bits per heavy atom. The van der Waals surface area contributed by atoms with Crippen LogP contribution in [0, 0.1) is 20.8 Å². The molecular formula is C21H28N4OS. The van der Waals surface area contributed by atoms with Crippen molar-refractivity contribution >= 4 is 23.5 Å². The van der Waals surface area contributed by atoms with Crippen molar-refractivity contribution in [3.63, 3.8) is 0 Å². The molecule has 0 spiro atoms. The van der Waals surface area contributed by atoms with E-state index in [1.54, 1.807) is 0 Å². The van der Waals surface area contributed by atoms with E-state index in [1.807, 2.05) is 13.0 Å². The van der Waals surface area contributed by atoms with Gasteiger partial charge < -0.3 is 4.90 Å². The lowest BCUT2D eigenvalue weighted by Crippen LogP contribution is -2.31.